The second kappa shape index (κ2) is 35.1. The zero-order chi connectivity index (χ0) is 40.1. The molecule has 1 rings (SSSR count). The summed E-state index contributed by atoms with van der Waals surface area (Å²) in [6.45, 7) is 3.40. The van der Waals surface area contributed by atoms with Gasteiger partial charge in [-0.3, -0.25) is 14.1 Å². The molecule has 1 aliphatic rings. The van der Waals surface area contributed by atoms with Gasteiger partial charge in [-0.2, -0.15) is 0 Å². The van der Waals surface area contributed by atoms with Gasteiger partial charge in [-0.15, -0.1) is 0 Å². The Morgan fingerprint density at radius 1 is 0.600 bits per heavy atom. The van der Waals surface area contributed by atoms with Crippen LogP contribution in [0.1, 0.15) is 129 Å². The van der Waals surface area contributed by atoms with Gasteiger partial charge in [0.25, 0.3) is 0 Å². The van der Waals surface area contributed by atoms with Crippen LogP contribution in [0.2, 0.25) is 0 Å². The van der Waals surface area contributed by atoms with Crippen molar-refractivity contribution in [2.24, 2.45) is 0 Å². The van der Waals surface area contributed by atoms with Crippen LogP contribution in [0, 0.1) is 0 Å². The summed E-state index contributed by atoms with van der Waals surface area (Å²) in [6.07, 6.45) is 52.9. The Bertz CT molecular complexity index is 1320. The number of carbonyl (C=O) groups excluding carboxylic acids is 2. The molecule has 0 radical (unpaired) electrons. The Morgan fingerprint density at radius 3 is 1.64 bits per heavy atom. The van der Waals surface area contributed by atoms with Crippen LogP contribution in [0.5, 0.6) is 0 Å². The van der Waals surface area contributed by atoms with Gasteiger partial charge < -0.3 is 24.0 Å². The van der Waals surface area contributed by atoms with Crippen LogP contribution in [0.3, 0.4) is 0 Å². The van der Waals surface area contributed by atoms with Gasteiger partial charge in [0.05, 0.1) is 18.8 Å². The van der Waals surface area contributed by atoms with Gasteiger partial charge in [0.1, 0.15) is 6.61 Å². The lowest BCUT2D eigenvalue weighted by Crippen LogP contribution is -2.29. The molecule has 0 aromatic rings. The van der Waals surface area contributed by atoms with E-state index in [1.807, 2.05) is 18.2 Å². The fourth-order valence-electron chi connectivity index (χ4n) is 5.13. The van der Waals surface area contributed by atoms with Crippen LogP contribution in [-0.2, 0) is 32.9 Å². The predicted octanol–water partition coefficient (Wildman–Crippen LogP) is 11.4. The highest BCUT2D eigenvalue weighted by Crippen LogP contribution is 2.36. The number of hydrogen-bond donors (Lipinski definition) is 2. The number of carbonyl (C=O) groups is 2. The van der Waals surface area contributed by atoms with Crippen molar-refractivity contribution in [1.29, 1.82) is 0 Å². The monoisotopic (exact) mass is 784 g/mol. The van der Waals surface area contributed by atoms with E-state index in [0.717, 1.165) is 57.8 Å². The molecule has 9 nitrogen and oxygen atoms in total. The van der Waals surface area contributed by atoms with Crippen molar-refractivity contribution in [3.63, 3.8) is 0 Å². The van der Waals surface area contributed by atoms with Crippen molar-refractivity contribution < 1.29 is 42.7 Å². The van der Waals surface area contributed by atoms with E-state index in [9.17, 15) is 14.2 Å². The first-order valence-corrected chi connectivity index (χ1v) is 21.8. The molecule has 308 valence electrons. The van der Waals surface area contributed by atoms with Crippen molar-refractivity contribution in [2.75, 3.05) is 13.2 Å². The van der Waals surface area contributed by atoms with Crippen LogP contribution in [0.15, 0.2) is 109 Å². The Balaban J connectivity index is 2.18. The summed E-state index contributed by atoms with van der Waals surface area (Å²) in [6, 6.07) is 0. The predicted molar refractivity (Wildman–Crippen MR) is 224 cm³/mol. The fraction of sp³-hybridized carbons (Fsp3) is 0.556. The Morgan fingerprint density at radius 2 is 1.11 bits per heavy atom. The maximum Gasteiger partial charge on any atom is 0.469 e. The maximum absolute atomic E-state index is 12.4. The number of allylic oxidation sites excluding steroid dienone is 17. The van der Waals surface area contributed by atoms with Gasteiger partial charge in [0, 0.05) is 12.8 Å². The highest BCUT2D eigenvalue weighted by Gasteiger charge is 2.36. The molecule has 0 aromatic carbocycles. The molecule has 0 aromatic heterocycles. The summed E-state index contributed by atoms with van der Waals surface area (Å²) in [5, 5.41) is 0. The lowest BCUT2D eigenvalue weighted by Gasteiger charge is -2.18. The third kappa shape index (κ3) is 34.9. The quantitative estimate of drug-likeness (QED) is 0.0215. The second-order valence-electron chi connectivity index (χ2n) is 13.3. The minimum atomic E-state index is -4.80. The van der Waals surface area contributed by atoms with Crippen LogP contribution in [0.4, 0.5) is 0 Å². The summed E-state index contributed by atoms with van der Waals surface area (Å²) in [5.41, 5.74) is 0. The first-order valence-electron chi connectivity index (χ1n) is 20.3. The van der Waals surface area contributed by atoms with Crippen molar-refractivity contribution in [3.8, 4) is 0 Å². The summed E-state index contributed by atoms with van der Waals surface area (Å²) in [7, 11) is -4.80. The van der Waals surface area contributed by atoms with Gasteiger partial charge >= 0.3 is 19.8 Å². The number of esters is 2. The average molecular weight is 785 g/mol. The van der Waals surface area contributed by atoms with E-state index in [2.05, 4.69) is 110 Å². The van der Waals surface area contributed by atoms with Crippen LogP contribution < -0.4 is 0 Å². The molecule has 55 heavy (non-hydrogen) atoms. The first-order chi connectivity index (χ1) is 26.7. The van der Waals surface area contributed by atoms with Crippen LogP contribution >= 0.6 is 7.82 Å². The number of phosphoric ester groups is 1. The third-order valence-electron chi connectivity index (χ3n) is 8.21. The summed E-state index contributed by atoms with van der Waals surface area (Å²) < 4.78 is 31.9. The van der Waals surface area contributed by atoms with Crippen molar-refractivity contribution in [1.82, 2.24) is 0 Å². The molecule has 3 atom stereocenters. The standard InChI is InChI=1S/C45H69O9P/c1-3-5-7-8-9-10-11-12-13-14-15-16-17-18-19-24-27-30-34-38-45(47)53-41(40-52-55(48,49)50)39-51-44(46)37-33-29-26-23-21-20-22-25-28-32-36-43-42(54-43)35-31-6-4-2/h5,7,9-10,12-13,15-16,18-20,22-23,26-28,30,32,41-43H,3-4,6,8,11,14,17,21,24-25,29,31,33-40H2,1-2H3,(H2,48,49,50)/b7-5-,10-9-,13-12-,16-15-,19-18-,22-20-,26-23-,30-27-,32-28-/t41-,42?,43?/m1/s1. The summed E-state index contributed by atoms with van der Waals surface area (Å²) >= 11 is 0. The third-order valence-corrected chi connectivity index (χ3v) is 8.70. The summed E-state index contributed by atoms with van der Waals surface area (Å²) in [5.74, 6) is -1.07. The smallest absolute Gasteiger partial charge is 0.462 e. The molecule has 0 spiro atoms. The SMILES string of the molecule is CC/C=C\C/C=C\C/C=C\C/C=C\C/C=C\C/C=C\CCC(=O)O[C@H](COC(=O)CCC/C=C\C/C=C\C/C=C\CC1OC1CCCCC)COP(=O)(O)O. The molecule has 1 aliphatic heterocycles. The lowest BCUT2D eigenvalue weighted by atomic mass is 10.1. The van der Waals surface area contributed by atoms with E-state index in [1.54, 1.807) is 0 Å². The lowest BCUT2D eigenvalue weighted by molar-refractivity contribution is -0.161. The van der Waals surface area contributed by atoms with Crippen molar-refractivity contribution >= 4 is 19.8 Å². The van der Waals surface area contributed by atoms with E-state index >= 15 is 0 Å². The molecular weight excluding hydrogens is 715 g/mol. The molecular formula is C45H69O9P. The number of ether oxygens (including phenoxy) is 3. The van der Waals surface area contributed by atoms with E-state index in [1.165, 1.54) is 25.7 Å². The van der Waals surface area contributed by atoms with Crippen LogP contribution in [0.25, 0.3) is 0 Å². The summed E-state index contributed by atoms with van der Waals surface area (Å²) in [4.78, 5) is 42.8. The Hall–Kier alpha value is -3.33. The number of epoxide rings is 1. The fourth-order valence-corrected chi connectivity index (χ4v) is 5.49. The Labute approximate surface area is 331 Å². The zero-order valence-electron chi connectivity index (χ0n) is 33.5. The minimum absolute atomic E-state index is 0.0657. The topological polar surface area (TPSA) is 132 Å². The molecule has 1 saturated heterocycles. The van der Waals surface area contributed by atoms with Crippen LogP contribution in [-0.4, -0.2) is 53.3 Å². The van der Waals surface area contributed by atoms with Gasteiger partial charge in [-0.25, -0.2) is 4.57 Å². The zero-order valence-corrected chi connectivity index (χ0v) is 34.4. The highest BCUT2D eigenvalue weighted by molar-refractivity contribution is 7.46. The van der Waals surface area contributed by atoms with E-state index < -0.39 is 32.5 Å². The molecule has 1 fully saturated rings. The first kappa shape index (κ1) is 49.7. The number of rotatable bonds is 34. The Kier molecular flexibility index (Phi) is 31.7. The largest absolute Gasteiger partial charge is 0.469 e. The molecule has 0 bridgehead atoms. The normalized spacial score (nSPS) is 17.3. The molecule has 0 saturated carbocycles. The molecule has 10 heteroatoms. The molecule has 0 amide bonds. The number of unbranched alkanes of at least 4 members (excludes halogenated alkanes) is 3. The van der Waals surface area contributed by atoms with Gasteiger partial charge in [-0.1, -0.05) is 142 Å². The number of phosphoric acid groups is 1. The van der Waals surface area contributed by atoms with E-state index in [-0.39, 0.29) is 19.4 Å². The maximum atomic E-state index is 12.4. The average Bonchev–Trinajstić information content (AvgIpc) is 3.91. The molecule has 2 unspecified atom stereocenters. The van der Waals surface area contributed by atoms with E-state index in [0.29, 0.717) is 31.5 Å². The minimum Gasteiger partial charge on any atom is -0.462 e. The highest BCUT2D eigenvalue weighted by atomic mass is 31.2. The van der Waals surface area contributed by atoms with E-state index in [4.69, 9.17) is 24.0 Å². The number of hydrogen-bond acceptors (Lipinski definition) is 7. The second-order valence-corrected chi connectivity index (χ2v) is 14.5. The molecule has 2 N–H and O–H groups in total. The molecule has 1 heterocycles. The van der Waals surface area contributed by atoms with Crippen molar-refractivity contribution in [3.05, 3.63) is 109 Å². The van der Waals surface area contributed by atoms with Gasteiger partial charge in [0.15, 0.2) is 6.10 Å². The van der Waals surface area contributed by atoms with Crippen molar-refractivity contribution in [2.45, 2.75) is 148 Å². The molecule has 0 aliphatic carbocycles. The van der Waals surface area contributed by atoms with Gasteiger partial charge in [-0.05, 0) is 83.5 Å². The van der Waals surface area contributed by atoms with Gasteiger partial charge in [0.2, 0.25) is 0 Å².